The Morgan fingerprint density at radius 3 is 3.17 bits per heavy atom. The number of carbonyl (C=O) groups excluding carboxylic acids is 1. The molecule has 1 spiro atoms. The molecule has 2 N–H and O–H groups in total. The van der Waals surface area contributed by atoms with Crippen LogP contribution in [0.15, 0.2) is 24.3 Å². The van der Waals surface area contributed by atoms with E-state index in [1.165, 1.54) is 16.9 Å². The van der Waals surface area contributed by atoms with Gasteiger partial charge in [-0.25, -0.2) is 4.79 Å². The van der Waals surface area contributed by atoms with E-state index in [2.05, 4.69) is 41.8 Å². The molecule has 0 bridgehead atoms. The number of aryl methyl sites for hydroxylation is 1. The van der Waals surface area contributed by atoms with Crippen molar-refractivity contribution in [2.24, 2.45) is 0 Å². The second-order valence-electron chi connectivity index (χ2n) is 6.66. The van der Waals surface area contributed by atoms with Crippen LogP contribution in [0.4, 0.5) is 4.79 Å². The second kappa shape index (κ2) is 7.58. The molecular weight excluding hydrogens is 308 g/mol. The molecule has 4 nitrogen and oxygen atoms in total. The number of thioether (sulfide) groups is 1. The number of benzene rings is 1. The van der Waals surface area contributed by atoms with Crippen molar-refractivity contribution < 1.29 is 9.53 Å². The summed E-state index contributed by atoms with van der Waals surface area (Å²) in [5.41, 5.74) is 2.54. The molecule has 3 rings (SSSR count). The summed E-state index contributed by atoms with van der Waals surface area (Å²) in [5, 5.41) is 6.11. The van der Waals surface area contributed by atoms with Crippen molar-refractivity contribution in [2.75, 3.05) is 24.7 Å². The Labute approximate surface area is 142 Å². The molecule has 0 radical (unpaired) electrons. The number of hydrogen-bond donors (Lipinski definition) is 2. The van der Waals surface area contributed by atoms with Gasteiger partial charge in [0.2, 0.25) is 0 Å². The summed E-state index contributed by atoms with van der Waals surface area (Å²) < 4.78 is 6.00. The Morgan fingerprint density at radius 1 is 1.48 bits per heavy atom. The fourth-order valence-corrected chi connectivity index (χ4v) is 4.82. The van der Waals surface area contributed by atoms with Gasteiger partial charge in [0.1, 0.15) is 0 Å². The maximum atomic E-state index is 12.1. The molecule has 23 heavy (non-hydrogen) atoms. The van der Waals surface area contributed by atoms with Crippen LogP contribution in [-0.2, 0) is 11.2 Å². The van der Waals surface area contributed by atoms with Crippen molar-refractivity contribution in [3.8, 4) is 0 Å². The number of nitrogens with one attached hydrogen (secondary N) is 2. The highest BCUT2D eigenvalue weighted by Gasteiger charge is 2.40. The van der Waals surface area contributed by atoms with E-state index in [-0.39, 0.29) is 17.7 Å². The van der Waals surface area contributed by atoms with Gasteiger partial charge in [-0.15, -0.1) is 0 Å². The number of carbonyl (C=O) groups is 1. The minimum absolute atomic E-state index is 0.0163. The first-order valence-electron chi connectivity index (χ1n) is 8.47. The number of ether oxygens (including phenoxy) is 1. The van der Waals surface area contributed by atoms with Gasteiger partial charge in [0.15, 0.2) is 0 Å². The summed E-state index contributed by atoms with van der Waals surface area (Å²) >= 11 is 1.96. The van der Waals surface area contributed by atoms with Gasteiger partial charge in [0.05, 0.1) is 5.60 Å². The first-order chi connectivity index (χ1) is 11.2. The molecule has 126 valence electrons. The zero-order chi connectivity index (χ0) is 16.1. The normalized spacial score (nSPS) is 27.1. The summed E-state index contributed by atoms with van der Waals surface area (Å²) in [6, 6.07) is 8.61. The third-order valence-electron chi connectivity index (χ3n) is 4.68. The van der Waals surface area contributed by atoms with E-state index in [9.17, 15) is 4.79 Å². The Bertz CT molecular complexity index is 544. The molecule has 0 unspecified atom stereocenters. The van der Waals surface area contributed by atoms with Crippen molar-refractivity contribution in [1.82, 2.24) is 10.6 Å². The molecule has 2 saturated heterocycles. The van der Waals surface area contributed by atoms with Crippen LogP contribution in [0.1, 0.15) is 30.4 Å². The maximum absolute atomic E-state index is 12.1. The zero-order valence-corrected chi connectivity index (χ0v) is 14.6. The molecule has 1 aromatic carbocycles. The van der Waals surface area contributed by atoms with Crippen LogP contribution in [0.25, 0.3) is 0 Å². The molecule has 2 heterocycles. The highest BCUT2D eigenvalue weighted by molar-refractivity contribution is 7.99. The highest BCUT2D eigenvalue weighted by Crippen LogP contribution is 2.38. The van der Waals surface area contributed by atoms with Crippen LogP contribution < -0.4 is 10.6 Å². The van der Waals surface area contributed by atoms with Crippen LogP contribution in [0.5, 0.6) is 0 Å². The van der Waals surface area contributed by atoms with Gasteiger partial charge in [-0.1, -0.05) is 29.8 Å². The molecular formula is C18H26N2O2S. The van der Waals surface area contributed by atoms with Crippen molar-refractivity contribution in [1.29, 1.82) is 0 Å². The van der Waals surface area contributed by atoms with Crippen molar-refractivity contribution >= 4 is 17.8 Å². The van der Waals surface area contributed by atoms with Crippen LogP contribution >= 0.6 is 11.8 Å². The highest BCUT2D eigenvalue weighted by atomic mass is 32.2. The second-order valence-corrected chi connectivity index (χ2v) is 7.77. The largest absolute Gasteiger partial charge is 0.374 e. The minimum Gasteiger partial charge on any atom is -0.374 e. The molecule has 0 saturated carbocycles. The number of amides is 2. The van der Waals surface area contributed by atoms with Crippen LogP contribution in [0.2, 0.25) is 0 Å². The van der Waals surface area contributed by atoms with Gasteiger partial charge in [-0.05, 0) is 43.9 Å². The molecule has 2 aliphatic heterocycles. The van der Waals surface area contributed by atoms with E-state index >= 15 is 0 Å². The molecule has 2 amide bonds. The number of rotatable bonds is 4. The average Bonchev–Trinajstić information content (AvgIpc) is 2.95. The lowest BCUT2D eigenvalue weighted by molar-refractivity contribution is -0.0684. The van der Waals surface area contributed by atoms with Gasteiger partial charge in [-0.3, -0.25) is 0 Å². The van der Waals surface area contributed by atoms with E-state index in [1.54, 1.807) is 0 Å². The Morgan fingerprint density at radius 2 is 2.39 bits per heavy atom. The molecule has 0 aromatic heterocycles. The van der Waals surface area contributed by atoms with Crippen LogP contribution in [0.3, 0.4) is 0 Å². The van der Waals surface area contributed by atoms with Crippen molar-refractivity contribution in [2.45, 2.75) is 44.2 Å². The molecule has 1 aromatic rings. The monoisotopic (exact) mass is 334 g/mol. The van der Waals surface area contributed by atoms with Crippen LogP contribution in [-0.4, -0.2) is 42.3 Å². The van der Waals surface area contributed by atoms with E-state index in [1.807, 2.05) is 11.8 Å². The standard InChI is InChI=1S/C18H26N2O2S/c1-14-3-2-4-15(11-14)5-8-19-17(21)20-16-6-9-22-18(12-16)7-10-23-13-18/h2-4,11,16H,5-10,12-13H2,1H3,(H2,19,20,21)/t16-,18-/m0/s1. The third kappa shape index (κ3) is 4.64. The Balaban J connectivity index is 1.40. The van der Waals surface area contributed by atoms with E-state index in [0.717, 1.165) is 38.0 Å². The van der Waals surface area contributed by atoms with E-state index < -0.39 is 0 Å². The molecule has 2 aliphatic rings. The SMILES string of the molecule is Cc1cccc(CCNC(=O)N[C@H]2CCO[C@@]3(CCSC3)C2)c1. The summed E-state index contributed by atoms with van der Waals surface area (Å²) in [4.78, 5) is 12.1. The average molecular weight is 334 g/mol. The maximum Gasteiger partial charge on any atom is 0.315 e. The first kappa shape index (κ1) is 16.7. The van der Waals surface area contributed by atoms with Gasteiger partial charge in [0, 0.05) is 24.9 Å². The summed E-state index contributed by atoms with van der Waals surface area (Å²) in [7, 11) is 0. The van der Waals surface area contributed by atoms with Crippen LogP contribution in [0, 0.1) is 6.92 Å². The summed E-state index contributed by atoms with van der Waals surface area (Å²) in [6.45, 7) is 3.51. The summed E-state index contributed by atoms with van der Waals surface area (Å²) in [5.74, 6) is 2.25. The Hall–Kier alpha value is -1.20. The predicted molar refractivity (Wildman–Crippen MR) is 95.1 cm³/mol. The fourth-order valence-electron chi connectivity index (χ4n) is 3.44. The minimum atomic E-state index is -0.0506. The zero-order valence-electron chi connectivity index (χ0n) is 13.8. The summed E-state index contributed by atoms with van der Waals surface area (Å²) in [6.07, 6.45) is 3.84. The molecule has 2 atom stereocenters. The smallest absolute Gasteiger partial charge is 0.315 e. The van der Waals surface area contributed by atoms with E-state index in [0.29, 0.717) is 6.54 Å². The van der Waals surface area contributed by atoms with Gasteiger partial charge in [-0.2, -0.15) is 11.8 Å². The third-order valence-corrected chi connectivity index (χ3v) is 5.90. The topological polar surface area (TPSA) is 50.4 Å². The lowest BCUT2D eigenvalue weighted by Gasteiger charge is -2.37. The van der Waals surface area contributed by atoms with Gasteiger partial charge < -0.3 is 15.4 Å². The quantitative estimate of drug-likeness (QED) is 0.890. The fraction of sp³-hybridized carbons (Fsp3) is 0.611. The Kier molecular flexibility index (Phi) is 5.49. The number of urea groups is 1. The molecule has 2 fully saturated rings. The van der Waals surface area contributed by atoms with Crippen molar-refractivity contribution in [3.05, 3.63) is 35.4 Å². The molecule has 5 heteroatoms. The van der Waals surface area contributed by atoms with Gasteiger partial charge >= 0.3 is 6.03 Å². The lowest BCUT2D eigenvalue weighted by atomic mass is 9.90. The lowest BCUT2D eigenvalue weighted by Crippen LogP contribution is -2.51. The number of hydrogen-bond acceptors (Lipinski definition) is 3. The first-order valence-corrected chi connectivity index (χ1v) is 9.62. The van der Waals surface area contributed by atoms with Gasteiger partial charge in [0.25, 0.3) is 0 Å². The predicted octanol–water partition coefficient (Wildman–Crippen LogP) is 2.89. The molecule has 0 aliphatic carbocycles. The van der Waals surface area contributed by atoms with E-state index in [4.69, 9.17) is 4.74 Å². The van der Waals surface area contributed by atoms with Crippen molar-refractivity contribution in [3.63, 3.8) is 0 Å².